The highest BCUT2D eigenvalue weighted by Crippen LogP contribution is 2.38. The molecule has 0 unspecified atom stereocenters. The maximum absolute atomic E-state index is 6.06. The second kappa shape index (κ2) is 18.6. The third kappa shape index (κ3) is 8.83. The number of para-hydroxylation sites is 4. The van der Waals surface area contributed by atoms with Gasteiger partial charge in [-0.15, -0.1) is 0 Å². The molecule has 0 atom stereocenters. The van der Waals surface area contributed by atoms with Crippen molar-refractivity contribution in [2.24, 2.45) is 0 Å². The molecule has 0 N–H and O–H groups in total. The lowest BCUT2D eigenvalue weighted by molar-refractivity contribution is 0.560. The minimum absolute atomic E-state index is 0.626. The highest BCUT2D eigenvalue weighted by molar-refractivity contribution is 5.81. The summed E-state index contributed by atoms with van der Waals surface area (Å²) in [7, 11) is 0. The molecule has 6 heteroatoms. The second-order valence-corrected chi connectivity index (χ2v) is 17.1. The van der Waals surface area contributed by atoms with Crippen molar-refractivity contribution in [3.8, 4) is 45.2 Å². The quantitative estimate of drug-likeness (QED) is 0.114. The van der Waals surface area contributed by atoms with Crippen LogP contribution in [0.3, 0.4) is 0 Å². The molecule has 0 radical (unpaired) electrons. The summed E-state index contributed by atoms with van der Waals surface area (Å²) in [6.45, 7) is 4.32. The van der Waals surface area contributed by atoms with Gasteiger partial charge in [-0.05, 0) is 169 Å². The Morgan fingerprint density at radius 1 is 0.471 bits per heavy atom. The fraction of sp³-hybridized carbons (Fsp3) is 0.0645. The van der Waals surface area contributed by atoms with E-state index >= 15 is 0 Å². The zero-order chi connectivity index (χ0) is 45.8. The summed E-state index contributed by atoms with van der Waals surface area (Å²) in [5.41, 5.74) is 18.0. The van der Waals surface area contributed by atoms with Crippen LogP contribution in [-0.4, -0.2) is 9.97 Å². The van der Waals surface area contributed by atoms with Crippen LogP contribution in [0.4, 0.5) is 28.4 Å². The van der Waals surface area contributed by atoms with E-state index in [-0.39, 0.29) is 0 Å². The number of anilines is 5. The summed E-state index contributed by atoms with van der Waals surface area (Å²) in [4.78, 5) is 14.0. The van der Waals surface area contributed by atoms with E-state index in [2.05, 4.69) is 229 Å². The minimum atomic E-state index is 0.626. The number of aromatic nitrogens is 2. The molecule has 2 aromatic heterocycles. The second-order valence-electron chi connectivity index (χ2n) is 17.1. The summed E-state index contributed by atoms with van der Waals surface area (Å²) >= 11 is 0. The maximum atomic E-state index is 6.06. The van der Waals surface area contributed by atoms with Crippen LogP contribution < -0.4 is 9.80 Å². The third-order valence-corrected chi connectivity index (χ3v) is 12.4. The topological polar surface area (TPSA) is 58.5 Å². The summed E-state index contributed by atoms with van der Waals surface area (Å²) in [6, 6.07) is 72.2. The third-order valence-electron chi connectivity index (χ3n) is 12.4. The van der Waals surface area contributed by atoms with Gasteiger partial charge in [0, 0.05) is 45.8 Å². The minimum Gasteiger partial charge on any atom is -0.436 e. The molecule has 10 aromatic rings. The summed E-state index contributed by atoms with van der Waals surface area (Å²) in [6.07, 6.45) is 10.6. The first-order valence-corrected chi connectivity index (χ1v) is 23.1. The Kier molecular flexibility index (Phi) is 11.5. The number of hydrogen-bond acceptors (Lipinski definition) is 6. The van der Waals surface area contributed by atoms with Crippen molar-refractivity contribution < 1.29 is 8.83 Å². The molecule has 0 bridgehead atoms. The molecule has 2 heterocycles. The number of aryl methyl sites for hydroxylation is 1. The molecule has 6 nitrogen and oxygen atoms in total. The summed E-state index contributed by atoms with van der Waals surface area (Å²) in [5, 5.41) is 0. The van der Waals surface area contributed by atoms with E-state index in [1.807, 2.05) is 30.3 Å². The molecular formula is C62H48N4O2. The van der Waals surface area contributed by atoms with Crippen LogP contribution in [0.15, 0.2) is 239 Å². The van der Waals surface area contributed by atoms with Crippen LogP contribution >= 0.6 is 0 Å². The first kappa shape index (κ1) is 41.9. The van der Waals surface area contributed by atoms with Crippen molar-refractivity contribution in [2.75, 3.05) is 9.80 Å². The number of oxazole rings is 2. The Bertz CT molecular complexity index is 3390. The van der Waals surface area contributed by atoms with Gasteiger partial charge in [-0.3, -0.25) is 0 Å². The molecule has 328 valence electrons. The van der Waals surface area contributed by atoms with E-state index in [9.17, 15) is 0 Å². The Morgan fingerprint density at radius 2 is 0.941 bits per heavy atom. The average Bonchev–Trinajstić information content (AvgIpc) is 4.05. The van der Waals surface area contributed by atoms with Crippen molar-refractivity contribution in [3.63, 3.8) is 0 Å². The van der Waals surface area contributed by atoms with Crippen molar-refractivity contribution >= 4 is 51.2 Å². The van der Waals surface area contributed by atoms with Gasteiger partial charge in [-0.1, -0.05) is 121 Å². The van der Waals surface area contributed by atoms with Crippen LogP contribution in [0.5, 0.6) is 0 Å². The number of rotatable bonds is 12. The SMILES string of the molecule is CC(=C/N(c1ccccc1)c1ccc(-c2ccc(N(c3ccccc3)c3ccc(-c4ccc(-c5nc6ccccc6o5)cc4)cc3)cc2)cc1)/C=C(\C)c1ccc(-c2nc3c(o2)C=CCC3)cc1. The largest absolute Gasteiger partial charge is 0.436 e. The fourth-order valence-electron chi connectivity index (χ4n) is 8.88. The van der Waals surface area contributed by atoms with Crippen molar-refractivity contribution in [1.29, 1.82) is 0 Å². The van der Waals surface area contributed by atoms with Gasteiger partial charge in [0.1, 0.15) is 5.52 Å². The van der Waals surface area contributed by atoms with Gasteiger partial charge in [0.15, 0.2) is 11.3 Å². The normalized spacial score (nSPS) is 12.6. The molecule has 68 heavy (non-hydrogen) atoms. The monoisotopic (exact) mass is 880 g/mol. The Hall–Kier alpha value is -8.74. The van der Waals surface area contributed by atoms with Gasteiger partial charge in [-0.2, -0.15) is 0 Å². The predicted molar refractivity (Wildman–Crippen MR) is 280 cm³/mol. The van der Waals surface area contributed by atoms with E-state index in [1.165, 1.54) is 5.57 Å². The van der Waals surface area contributed by atoms with Gasteiger partial charge in [0.05, 0.1) is 5.69 Å². The maximum Gasteiger partial charge on any atom is 0.227 e. The van der Waals surface area contributed by atoms with E-state index in [0.29, 0.717) is 11.8 Å². The Balaban J connectivity index is 0.810. The standard InChI is InChI=1S/C62H48N4O2/c1-43(41-44(2)45-21-25-50(26-22-45)61-63-57-17-9-11-19-59(57)67-61)42-65(52-13-5-3-6-14-52)53-35-29-47(30-36-53)49-33-39-56(40-34-49)66(54-15-7-4-8-16-54)55-37-31-48(32-38-55)46-23-27-51(28-24-46)62-64-58-18-10-12-20-60(58)68-62/h3-8,10-16,18-42H,9,17H2,1-2H3/b43-42-,44-41+. The lowest BCUT2D eigenvalue weighted by Gasteiger charge is -2.26. The number of hydrogen-bond donors (Lipinski definition) is 0. The first-order valence-electron chi connectivity index (χ1n) is 23.1. The van der Waals surface area contributed by atoms with Crippen molar-refractivity contribution in [2.45, 2.75) is 26.7 Å². The zero-order valence-corrected chi connectivity index (χ0v) is 38.0. The van der Waals surface area contributed by atoms with Crippen molar-refractivity contribution in [1.82, 2.24) is 9.97 Å². The Labute approximate surface area is 397 Å². The molecule has 11 rings (SSSR count). The number of nitrogens with zero attached hydrogens (tertiary/aromatic N) is 4. The van der Waals surface area contributed by atoms with Gasteiger partial charge >= 0.3 is 0 Å². The lowest BCUT2D eigenvalue weighted by atomic mass is 10.0. The molecule has 1 aliphatic rings. The molecule has 0 aliphatic heterocycles. The molecule has 8 aromatic carbocycles. The highest BCUT2D eigenvalue weighted by atomic mass is 16.4. The fourth-order valence-corrected chi connectivity index (χ4v) is 8.88. The van der Waals surface area contributed by atoms with Crippen LogP contribution in [0, 0.1) is 0 Å². The summed E-state index contributed by atoms with van der Waals surface area (Å²) < 4.78 is 12.1. The smallest absolute Gasteiger partial charge is 0.227 e. The molecule has 0 amide bonds. The molecule has 0 spiro atoms. The van der Waals surface area contributed by atoms with Crippen LogP contribution in [0.25, 0.3) is 67.9 Å². The first-order chi connectivity index (χ1) is 33.5. The van der Waals surface area contributed by atoms with E-state index in [0.717, 1.165) is 108 Å². The van der Waals surface area contributed by atoms with Crippen molar-refractivity contribution in [3.05, 3.63) is 247 Å². The molecule has 0 saturated heterocycles. The van der Waals surface area contributed by atoms with Gasteiger partial charge < -0.3 is 18.6 Å². The molecular weight excluding hydrogens is 833 g/mol. The zero-order valence-electron chi connectivity index (χ0n) is 38.0. The van der Waals surface area contributed by atoms with E-state index < -0.39 is 0 Å². The van der Waals surface area contributed by atoms with E-state index in [1.54, 1.807) is 0 Å². The van der Waals surface area contributed by atoms with Crippen LogP contribution in [0.2, 0.25) is 0 Å². The van der Waals surface area contributed by atoms with E-state index in [4.69, 9.17) is 13.8 Å². The highest BCUT2D eigenvalue weighted by Gasteiger charge is 2.17. The lowest BCUT2D eigenvalue weighted by Crippen LogP contribution is -2.09. The molecule has 0 fully saturated rings. The summed E-state index contributed by atoms with van der Waals surface area (Å²) in [5.74, 6) is 2.18. The molecule has 1 aliphatic carbocycles. The number of fused-ring (bicyclic) bond motifs is 2. The predicted octanol–water partition coefficient (Wildman–Crippen LogP) is 17.1. The van der Waals surface area contributed by atoms with Gasteiger partial charge in [0.2, 0.25) is 11.8 Å². The Morgan fingerprint density at radius 3 is 1.53 bits per heavy atom. The van der Waals surface area contributed by atoms with Gasteiger partial charge in [0.25, 0.3) is 0 Å². The number of benzene rings is 8. The van der Waals surface area contributed by atoms with Gasteiger partial charge in [-0.25, -0.2) is 9.97 Å². The average molecular weight is 881 g/mol. The number of allylic oxidation sites excluding steroid dienone is 4. The molecule has 0 saturated carbocycles. The van der Waals surface area contributed by atoms with Crippen LogP contribution in [0.1, 0.15) is 37.3 Å². The van der Waals surface area contributed by atoms with Crippen LogP contribution in [-0.2, 0) is 6.42 Å².